The number of hydrogen-bond acceptors (Lipinski definition) is 12. The van der Waals surface area contributed by atoms with Crippen LogP contribution in [0.1, 0.15) is 59.5 Å². The molecule has 4 aromatic carbocycles. The van der Waals surface area contributed by atoms with Crippen molar-refractivity contribution in [1.29, 1.82) is 0 Å². The lowest BCUT2D eigenvalue weighted by Crippen LogP contribution is -2.24. The Kier molecular flexibility index (Phi) is 11.4. The van der Waals surface area contributed by atoms with Gasteiger partial charge in [0.1, 0.15) is 11.0 Å². The van der Waals surface area contributed by atoms with Crippen molar-refractivity contribution in [3.05, 3.63) is 132 Å². The summed E-state index contributed by atoms with van der Waals surface area (Å²) in [5.74, 6) is -0.165. The van der Waals surface area contributed by atoms with E-state index >= 15 is 0 Å². The lowest BCUT2D eigenvalue weighted by Gasteiger charge is -2.17. The second kappa shape index (κ2) is 17.1. The number of carbonyl (C=O) groups excluding carboxylic acids is 2. The summed E-state index contributed by atoms with van der Waals surface area (Å²) >= 11 is 0. The topological polar surface area (TPSA) is 207 Å². The summed E-state index contributed by atoms with van der Waals surface area (Å²) in [6, 6.07) is 24.9. The van der Waals surface area contributed by atoms with Crippen LogP contribution in [0.3, 0.4) is 0 Å². The Morgan fingerprint density at radius 3 is 1.48 bits per heavy atom. The van der Waals surface area contributed by atoms with Gasteiger partial charge in [0.05, 0.1) is 79.7 Å². The molecule has 8 aromatic rings. The molecule has 0 bridgehead atoms. The number of hydrogen-bond donors (Lipinski definition) is 3. The highest BCUT2D eigenvalue weighted by Gasteiger charge is 2.35. The molecule has 0 fully saturated rings. The molecule has 0 saturated heterocycles. The summed E-state index contributed by atoms with van der Waals surface area (Å²) in [5.41, 5.74) is 11.3. The molecule has 4 aromatic heterocycles. The first-order chi connectivity index (χ1) is 32.0. The van der Waals surface area contributed by atoms with Gasteiger partial charge in [-0.3, -0.25) is 9.59 Å². The standard InChI is InChI=1S/C25H25N5O3S.C24H23N5O3S/c1-15(2)34(32,33)18-10-8-16(9-11-18)19-12-26-24-23(28-19)21(13-27-24)30-14-17-6-5-7-20(29(3)4)22(17)25(30)31;1-14(2)33(31,32)17-9-7-15(8-10-17)19-11-26-23-22(28-19)20(12-27-23)29-13-16-5-4-6-18(25-3)21(16)24(29)30/h5-13,15H,14H2,1-4H3,(H,26,27);4-12,14,25H,13H2,1-3H3,(H,26,27). The van der Waals surface area contributed by atoms with Crippen LogP contribution in [0, 0.1) is 0 Å². The van der Waals surface area contributed by atoms with E-state index in [1.54, 1.807) is 118 Å². The normalized spacial score (nSPS) is 13.7. The fourth-order valence-electron chi connectivity index (χ4n) is 8.30. The van der Waals surface area contributed by atoms with Crippen molar-refractivity contribution in [3.8, 4) is 22.5 Å². The van der Waals surface area contributed by atoms with Crippen molar-refractivity contribution in [2.24, 2.45) is 0 Å². The van der Waals surface area contributed by atoms with Crippen LogP contribution in [0.15, 0.2) is 120 Å². The van der Waals surface area contributed by atoms with Gasteiger partial charge in [-0.1, -0.05) is 48.5 Å². The Morgan fingerprint density at radius 1 is 0.612 bits per heavy atom. The Labute approximate surface area is 388 Å². The monoisotopic (exact) mass is 936 g/mol. The van der Waals surface area contributed by atoms with E-state index in [4.69, 9.17) is 9.97 Å². The molecule has 2 aliphatic rings. The fraction of sp³-hybridized carbons (Fsp3) is 0.224. The van der Waals surface area contributed by atoms with Crippen molar-refractivity contribution in [2.45, 2.75) is 61.1 Å². The Bertz CT molecular complexity index is 3470. The van der Waals surface area contributed by atoms with E-state index in [2.05, 4.69) is 25.3 Å². The predicted octanol–water partition coefficient (Wildman–Crippen LogP) is 8.04. The highest BCUT2D eigenvalue weighted by Crippen LogP contribution is 2.38. The summed E-state index contributed by atoms with van der Waals surface area (Å²) in [7, 11) is -1.05. The minimum Gasteiger partial charge on any atom is -0.387 e. The number of carbonyl (C=O) groups is 2. The largest absolute Gasteiger partial charge is 0.387 e. The third-order valence-corrected chi connectivity index (χ3v) is 16.4. The molecule has 16 nitrogen and oxygen atoms in total. The molecular weight excluding hydrogens is 889 g/mol. The zero-order valence-corrected chi connectivity index (χ0v) is 39.5. The van der Waals surface area contributed by atoms with Gasteiger partial charge in [-0.05, 0) is 75.2 Å². The van der Waals surface area contributed by atoms with E-state index in [0.717, 1.165) is 33.6 Å². The average Bonchev–Trinajstić information content (AvgIpc) is 4.11. The molecule has 342 valence electrons. The number of rotatable bonds is 10. The Hall–Kier alpha value is -7.44. The number of aromatic amines is 2. The summed E-state index contributed by atoms with van der Waals surface area (Å²) in [4.78, 5) is 57.2. The first-order valence-electron chi connectivity index (χ1n) is 21.6. The van der Waals surface area contributed by atoms with Crippen LogP contribution in [-0.4, -0.2) is 90.2 Å². The molecule has 0 atom stereocenters. The number of nitrogens with one attached hydrogen (secondary N) is 3. The molecular formula is C49H48N10O6S2. The van der Waals surface area contributed by atoms with Crippen LogP contribution in [-0.2, 0) is 32.8 Å². The number of fused-ring (bicyclic) bond motifs is 4. The zero-order valence-electron chi connectivity index (χ0n) is 37.9. The number of sulfone groups is 2. The van der Waals surface area contributed by atoms with Gasteiger partial charge >= 0.3 is 0 Å². The molecule has 18 heteroatoms. The number of aromatic nitrogens is 6. The van der Waals surface area contributed by atoms with Crippen LogP contribution in [0.2, 0.25) is 0 Å². The van der Waals surface area contributed by atoms with Crippen molar-refractivity contribution >= 4 is 76.6 Å². The second-order valence-electron chi connectivity index (χ2n) is 17.1. The minimum absolute atomic E-state index is 0.0735. The van der Waals surface area contributed by atoms with Crippen molar-refractivity contribution in [2.75, 3.05) is 41.2 Å². The molecule has 0 unspecified atom stereocenters. The van der Waals surface area contributed by atoms with Gasteiger partial charge in [0.25, 0.3) is 11.8 Å². The molecule has 0 radical (unpaired) electrons. The lowest BCUT2D eigenvalue weighted by atomic mass is 10.1. The molecule has 2 amide bonds. The van der Waals surface area contributed by atoms with Crippen LogP contribution in [0.5, 0.6) is 0 Å². The van der Waals surface area contributed by atoms with E-state index in [1.807, 2.05) is 55.4 Å². The predicted molar refractivity (Wildman–Crippen MR) is 261 cm³/mol. The number of nitrogens with zero attached hydrogens (tertiary/aromatic N) is 7. The highest BCUT2D eigenvalue weighted by atomic mass is 32.2. The summed E-state index contributed by atoms with van der Waals surface area (Å²) in [6.45, 7) is 7.55. The quantitative estimate of drug-likeness (QED) is 0.119. The maximum Gasteiger partial charge on any atom is 0.261 e. The van der Waals surface area contributed by atoms with E-state index < -0.39 is 30.2 Å². The molecule has 10 rings (SSSR count). The third kappa shape index (κ3) is 7.84. The first kappa shape index (κ1) is 44.7. The molecule has 0 aliphatic carbocycles. The first-order valence-corrected chi connectivity index (χ1v) is 24.7. The second-order valence-corrected chi connectivity index (χ2v) is 22.1. The van der Waals surface area contributed by atoms with Gasteiger partial charge in [0.15, 0.2) is 31.0 Å². The lowest BCUT2D eigenvalue weighted by molar-refractivity contribution is 0.0989. The zero-order chi connectivity index (χ0) is 47.5. The highest BCUT2D eigenvalue weighted by molar-refractivity contribution is 7.92. The van der Waals surface area contributed by atoms with Gasteiger partial charge in [-0.15, -0.1) is 0 Å². The van der Waals surface area contributed by atoms with E-state index in [0.29, 0.717) is 69.3 Å². The van der Waals surface area contributed by atoms with Crippen LogP contribution in [0.4, 0.5) is 22.7 Å². The molecule has 67 heavy (non-hydrogen) atoms. The van der Waals surface area contributed by atoms with E-state index in [-0.39, 0.29) is 21.6 Å². The van der Waals surface area contributed by atoms with Gasteiger partial charge in [0, 0.05) is 56.0 Å². The number of benzene rings is 4. The van der Waals surface area contributed by atoms with Crippen molar-refractivity contribution < 1.29 is 26.4 Å². The van der Waals surface area contributed by atoms with Crippen LogP contribution < -0.4 is 20.0 Å². The van der Waals surface area contributed by atoms with Crippen molar-refractivity contribution in [1.82, 2.24) is 29.9 Å². The SMILES string of the molecule is CC(C)S(=O)(=O)c1ccc(-c2cnc3[nH]cc(N4Cc5cccc(N(C)C)c5C4=O)c3n2)cc1.CNc1cccc2c1C(=O)N(c1c[nH]c3ncc(-c4ccc(S(=O)(=O)C(C)C)cc4)nc13)C2. The molecule has 0 saturated carbocycles. The number of anilines is 4. The molecule has 0 spiro atoms. The van der Waals surface area contributed by atoms with E-state index in [9.17, 15) is 26.4 Å². The number of amides is 2. The Balaban J connectivity index is 0.000000168. The van der Waals surface area contributed by atoms with Gasteiger partial charge in [-0.25, -0.2) is 36.8 Å². The van der Waals surface area contributed by atoms with Gasteiger partial charge in [0.2, 0.25) is 0 Å². The van der Waals surface area contributed by atoms with Gasteiger partial charge in [-0.2, -0.15) is 0 Å². The fourth-order valence-corrected chi connectivity index (χ4v) is 10.4. The molecule has 6 heterocycles. The summed E-state index contributed by atoms with van der Waals surface area (Å²) < 4.78 is 49.7. The van der Waals surface area contributed by atoms with Crippen LogP contribution >= 0.6 is 0 Å². The molecule has 2 aliphatic heterocycles. The molecule has 3 N–H and O–H groups in total. The maximum atomic E-state index is 13.4. The Morgan fingerprint density at radius 2 is 1.04 bits per heavy atom. The summed E-state index contributed by atoms with van der Waals surface area (Å²) in [6.07, 6.45) is 6.77. The minimum atomic E-state index is -3.35. The number of H-pyrrole nitrogens is 2. The van der Waals surface area contributed by atoms with Gasteiger partial charge < -0.3 is 30.0 Å². The maximum absolute atomic E-state index is 13.4. The summed E-state index contributed by atoms with van der Waals surface area (Å²) in [5, 5.41) is 2.10. The van der Waals surface area contributed by atoms with E-state index in [1.165, 1.54) is 0 Å². The smallest absolute Gasteiger partial charge is 0.261 e. The van der Waals surface area contributed by atoms with Crippen LogP contribution in [0.25, 0.3) is 44.8 Å². The average molecular weight is 937 g/mol. The van der Waals surface area contributed by atoms with Crippen molar-refractivity contribution in [3.63, 3.8) is 0 Å². The third-order valence-electron chi connectivity index (χ3n) is 12.1.